The summed E-state index contributed by atoms with van der Waals surface area (Å²) >= 11 is 5.45. The van der Waals surface area contributed by atoms with Gasteiger partial charge in [0.2, 0.25) is 10.0 Å². The Morgan fingerprint density at radius 2 is 1.79 bits per heavy atom. The maximum Gasteiger partial charge on any atom is 0.243 e. The minimum Gasteiger partial charge on any atom is -0.314 e. The van der Waals surface area contributed by atoms with Crippen LogP contribution in [-0.2, 0) is 10.0 Å². The standard InChI is InChI=1S/C12H15ClN2O3S/c13-9-12(16)10-1-3-11(4-2-10)19(17,18)15-7-5-14-6-8-15/h1-4,14H,5-9H2. The van der Waals surface area contributed by atoms with E-state index in [0.717, 1.165) is 0 Å². The smallest absolute Gasteiger partial charge is 0.243 e. The molecule has 1 aliphatic heterocycles. The van der Waals surface area contributed by atoms with Crippen LogP contribution in [0.4, 0.5) is 0 Å². The molecule has 0 bridgehead atoms. The van der Waals surface area contributed by atoms with Crippen molar-refractivity contribution in [3.05, 3.63) is 29.8 Å². The minimum absolute atomic E-state index is 0.107. The molecule has 1 fully saturated rings. The highest BCUT2D eigenvalue weighted by atomic mass is 35.5. The Bertz CT molecular complexity index is 551. The van der Waals surface area contributed by atoms with Gasteiger partial charge in [-0.2, -0.15) is 4.31 Å². The average Bonchev–Trinajstić information content (AvgIpc) is 2.47. The molecular weight excluding hydrogens is 288 g/mol. The summed E-state index contributed by atoms with van der Waals surface area (Å²) in [5.41, 5.74) is 0.425. The van der Waals surface area contributed by atoms with Crippen molar-refractivity contribution in [2.45, 2.75) is 4.90 Å². The molecule has 19 heavy (non-hydrogen) atoms. The molecule has 1 heterocycles. The molecule has 0 saturated carbocycles. The number of nitrogens with zero attached hydrogens (tertiary/aromatic N) is 1. The Balaban J connectivity index is 2.23. The van der Waals surface area contributed by atoms with E-state index in [2.05, 4.69) is 5.32 Å². The number of alkyl halides is 1. The SMILES string of the molecule is O=C(CCl)c1ccc(S(=O)(=O)N2CCNCC2)cc1. The molecule has 1 aliphatic rings. The van der Waals surface area contributed by atoms with E-state index in [1.165, 1.54) is 28.6 Å². The number of sulfonamides is 1. The van der Waals surface area contributed by atoms with Crippen LogP contribution in [0.2, 0.25) is 0 Å². The summed E-state index contributed by atoms with van der Waals surface area (Å²) in [5.74, 6) is -0.322. The topological polar surface area (TPSA) is 66.5 Å². The van der Waals surface area contributed by atoms with Crippen LogP contribution < -0.4 is 5.32 Å². The largest absolute Gasteiger partial charge is 0.314 e. The van der Waals surface area contributed by atoms with Gasteiger partial charge in [-0.25, -0.2) is 8.42 Å². The number of piperazine rings is 1. The summed E-state index contributed by atoms with van der Waals surface area (Å²) in [6.07, 6.45) is 0. The van der Waals surface area contributed by atoms with E-state index in [9.17, 15) is 13.2 Å². The number of halogens is 1. The first kappa shape index (κ1) is 14.5. The summed E-state index contributed by atoms with van der Waals surface area (Å²) < 4.78 is 26.1. The third-order valence-corrected chi connectivity index (χ3v) is 5.17. The van der Waals surface area contributed by atoms with Gasteiger partial charge >= 0.3 is 0 Å². The summed E-state index contributed by atoms with van der Waals surface area (Å²) in [5, 5.41) is 3.10. The fourth-order valence-corrected chi connectivity index (χ4v) is 3.52. The molecule has 5 nitrogen and oxygen atoms in total. The first-order valence-electron chi connectivity index (χ1n) is 5.96. The molecule has 0 atom stereocenters. The van der Waals surface area contributed by atoms with Crippen LogP contribution in [0.1, 0.15) is 10.4 Å². The van der Waals surface area contributed by atoms with Crippen LogP contribution in [0.3, 0.4) is 0 Å². The van der Waals surface area contributed by atoms with Crippen molar-refractivity contribution in [3.8, 4) is 0 Å². The fraction of sp³-hybridized carbons (Fsp3) is 0.417. The Morgan fingerprint density at radius 3 is 2.32 bits per heavy atom. The van der Waals surface area contributed by atoms with Crippen molar-refractivity contribution < 1.29 is 13.2 Å². The third-order valence-electron chi connectivity index (χ3n) is 3.01. The van der Waals surface area contributed by atoms with Crippen molar-refractivity contribution in [1.82, 2.24) is 9.62 Å². The average molecular weight is 303 g/mol. The second-order valence-electron chi connectivity index (χ2n) is 4.24. The van der Waals surface area contributed by atoms with E-state index < -0.39 is 10.0 Å². The van der Waals surface area contributed by atoms with E-state index >= 15 is 0 Å². The van der Waals surface area contributed by atoms with E-state index in [0.29, 0.717) is 31.7 Å². The monoisotopic (exact) mass is 302 g/mol. The molecule has 0 aliphatic carbocycles. The third kappa shape index (κ3) is 3.14. The highest BCUT2D eigenvalue weighted by molar-refractivity contribution is 7.89. The molecule has 1 aromatic carbocycles. The maximum absolute atomic E-state index is 12.3. The summed E-state index contributed by atoms with van der Waals surface area (Å²) in [4.78, 5) is 11.6. The van der Waals surface area contributed by atoms with Gasteiger partial charge in [-0.15, -0.1) is 11.6 Å². The Kier molecular flexibility index (Phi) is 4.57. The van der Waals surface area contributed by atoms with Gasteiger partial charge in [0.05, 0.1) is 10.8 Å². The molecule has 2 rings (SSSR count). The zero-order chi connectivity index (χ0) is 13.9. The lowest BCUT2D eigenvalue weighted by Gasteiger charge is -2.26. The van der Waals surface area contributed by atoms with Crippen LogP contribution in [-0.4, -0.2) is 50.6 Å². The zero-order valence-electron chi connectivity index (χ0n) is 10.3. The van der Waals surface area contributed by atoms with Crippen molar-refractivity contribution in [2.75, 3.05) is 32.1 Å². The van der Waals surface area contributed by atoms with Gasteiger partial charge in [-0.1, -0.05) is 12.1 Å². The Morgan fingerprint density at radius 1 is 1.21 bits per heavy atom. The normalized spacial score (nSPS) is 17.3. The number of carbonyl (C=O) groups excluding carboxylic acids is 1. The van der Waals surface area contributed by atoms with Crippen LogP contribution in [0.5, 0.6) is 0 Å². The summed E-state index contributed by atoms with van der Waals surface area (Å²) in [6.45, 7) is 2.24. The molecule has 0 spiro atoms. The number of hydrogen-bond acceptors (Lipinski definition) is 4. The molecule has 7 heteroatoms. The second-order valence-corrected chi connectivity index (χ2v) is 6.44. The van der Waals surface area contributed by atoms with Gasteiger partial charge in [0.25, 0.3) is 0 Å². The molecule has 1 N–H and O–H groups in total. The first-order valence-corrected chi connectivity index (χ1v) is 7.93. The predicted octanol–water partition coefficient (Wildman–Crippen LogP) is 0.702. The number of Topliss-reactive ketones (excluding diaryl/α,β-unsaturated/α-hetero) is 1. The Labute approximate surface area is 117 Å². The lowest BCUT2D eigenvalue weighted by molar-refractivity contribution is 0.102. The number of benzene rings is 1. The van der Waals surface area contributed by atoms with Gasteiger partial charge in [0.1, 0.15) is 0 Å². The van der Waals surface area contributed by atoms with E-state index in [1.807, 2.05) is 0 Å². The highest BCUT2D eigenvalue weighted by Crippen LogP contribution is 2.17. The van der Waals surface area contributed by atoms with Crippen molar-refractivity contribution >= 4 is 27.4 Å². The highest BCUT2D eigenvalue weighted by Gasteiger charge is 2.25. The van der Waals surface area contributed by atoms with Gasteiger partial charge in [0, 0.05) is 31.7 Å². The Hall–Kier alpha value is -0.950. The molecular formula is C12H15ClN2O3S. The zero-order valence-corrected chi connectivity index (χ0v) is 11.9. The number of carbonyl (C=O) groups is 1. The minimum atomic E-state index is -3.46. The molecule has 0 unspecified atom stereocenters. The number of hydrogen-bond donors (Lipinski definition) is 1. The molecule has 1 aromatic rings. The van der Waals surface area contributed by atoms with Crippen LogP contribution >= 0.6 is 11.6 Å². The quantitative estimate of drug-likeness (QED) is 0.657. The van der Waals surface area contributed by atoms with E-state index in [4.69, 9.17) is 11.6 Å². The molecule has 0 aromatic heterocycles. The predicted molar refractivity (Wildman–Crippen MR) is 73.1 cm³/mol. The van der Waals surface area contributed by atoms with Crippen LogP contribution in [0, 0.1) is 0 Å². The van der Waals surface area contributed by atoms with Crippen molar-refractivity contribution in [2.24, 2.45) is 0 Å². The van der Waals surface area contributed by atoms with E-state index in [-0.39, 0.29) is 16.6 Å². The number of ketones is 1. The molecule has 1 saturated heterocycles. The van der Waals surface area contributed by atoms with Crippen LogP contribution in [0.25, 0.3) is 0 Å². The molecule has 104 valence electrons. The lowest BCUT2D eigenvalue weighted by Crippen LogP contribution is -2.46. The first-order chi connectivity index (χ1) is 9.05. The number of nitrogens with one attached hydrogen (secondary N) is 1. The fourth-order valence-electron chi connectivity index (χ4n) is 1.92. The van der Waals surface area contributed by atoms with Gasteiger partial charge in [0.15, 0.2) is 5.78 Å². The second kappa shape index (κ2) is 6.00. The lowest BCUT2D eigenvalue weighted by atomic mass is 10.1. The maximum atomic E-state index is 12.3. The number of rotatable bonds is 4. The summed E-state index contributed by atoms with van der Waals surface area (Å²) in [7, 11) is -3.46. The van der Waals surface area contributed by atoms with Gasteiger partial charge in [-0.3, -0.25) is 4.79 Å². The van der Waals surface area contributed by atoms with Crippen LogP contribution in [0.15, 0.2) is 29.2 Å². The van der Waals surface area contributed by atoms with Gasteiger partial charge < -0.3 is 5.32 Å². The van der Waals surface area contributed by atoms with Crippen molar-refractivity contribution in [3.63, 3.8) is 0 Å². The molecule has 0 radical (unpaired) electrons. The summed E-state index contributed by atoms with van der Waals surface area (Å²) in [6, 6.07) is 5.91. The van der Waals surface area contributed by atoms with E-state index in [1.54, 1.807) is 0 Å². The van der Waals surface area contributed by atoms with Crippen molar-refractivity contribution in [1.29, 1.82) is 0 Å². The van der Waals surface area contributed by atoms with Gasteiger partial charge in [-0.05, 0) is 12.1 Å². The molecule has 0 amide bonds.